The van der Waals surface area contributed by atoms with E-state index >= 15 is 0 Å². The van der Waals surface area contributed by atoms with E-state index in [4.69, 9.17) is 5.11 Å². The predicted molar refractivity (Wildman–Crippen MR) is 69.6 cm³/mol. The number of rotatable bonds is 7. The van der Waals surface area contributed by atoms with Gasteiger partial charge in [0.2, 0.25) is 0 Å². The molecule has 2 atom stereocenters. The summed E-state index contributed by atoms with van der Waals surface area (Å²) in [7, 11) is 0. The number of aliphatic hydroxyl groups excluding tert-OH is 1. The Kier molecular flexibility index (Phi) is 6.47. The smallest absolute Gasteiger partial charge is 0.141 e. The van der Waals surface area contributed by atoms with Crippen LogP contribution in [-0.4, -0.2) is 34.7 Å². The molecule has 0 fully saturated rings. The molecular weight excluding hydrogens is 239 g/mol. The molecule has 0 aliphatic heterocycles. The average molecular weight is 258 g/mol. The van der Waals surface area contributed by atoms with Gasteiger partial charge < -0.3 is 10.4 Å². The van der Waals surface area contributed by atoms with Crippen LogP contribution in [0.25, 0.3) is 0 Å². The average Bonchev–Trinajstić information content (AvgIpc) is 2.29. The minimum atomic E-state index is -0.320. The third-order valence-electron chi connectivity index (χ3n) is 2.56. The molecule has 0 amide bonds. The first-order valence-corrected chi connectivity index (χ1v) is 7.03. The normalized spacial score (nSPS) is 14.6. The second kappa shape index (κ2) is 7.63. The second-order valence-corrected chi connectivity index (χ2v) is 4.90. The Morgan fingerprint density at radius 2 is 2.29 bits per heavy atom. The lowest BCUT2D eigenvalue weighted by atomic mass is 10.1. The van der Waals surface area contributed by atoms with Gasteiger partial charge in [0, 0.05) is 30.6 Å². The molecule has 5 heteroatoms. The Labute approximate surface area is 106 Å². The van der Waals surface area contributed by atoms with Crippen LogP contribution in [0, 0.1) is 5.82 Å². The van der Waals surface area contributed by atoms with E-state index in [-0.39, 0.29) is 24.5 Å². The lowest BCUT2D eigenvalue weighted by Gasteiger charge is -2.22. The van der Waals surface area contributed by atoms with Gasteiger partial charge >= 0.3 is 0 Å². The summed E-state index contributed by atoms with van der Waals surface area (Å²) >= 11 is 1.73. The predicted octanol–water partition coefficient (Wildman–Crippen LogP) is 1.99. The number of hydrogen-bond acceptors (Lipinski definition) is 4. The Morgan fingerprint density at radius 1 is 1.53 bits per heavy atom. The fourth-order valence-electron chi connectivity index (χ4n) is 1.69. The lowest BCUT2D eigenvalue weighted by Crippen LogP contribution is -2.34. The fourth-order valence-corrected chi connectivity index (χ4v) is 2.35. The molecule has 0 aromatic carbocycles. The molecule has 3 nitrogen and oxygen atoms in total. The van der Waals surface area contributed by atoms with Crippen LogP contribution in [0.3, 0.4) is 0 Å². The van der Waals surface area contributed by atoms with Crippen LogP contribution < -0.4 is 5.32 Å². The molecule has 96 valence electrons. The molecule has 2 unspecified atom stereocenters. The van der Waals surface area contributed by atoms with Gasteiger partial charge in [-0.2, -0.15) is 11.8 Å². The van der Waals surface area contributed by atoms with E-state index in [1.807, 2.05) is 13.2 Å². The fraction of sp³-hybridized carbons (Fsp3) is 0.583. The van der Waals surface area contributed by atoms with E-state index in [1.54, 1.807) is 18.0 Å². The van der Waals surface area contributed by atoms with Crippen LogP contribution in [-0.2, 0) is 0 Å². The first kappa shape index (κ1) is 14.4. The summed E-state index contributed by atoms with van der Waals surface area (Å²) in [5, 5.41) is 12.3. The van der Waals surface area contributed by atoms with Crippen molar-refractivity contribution in [3.05, 3.63) is 29.8 Å². The van der Waals surface area contributed by atoms with Crippen molar-refractivity contribution in [2.45, 2.75) is 25.4 Å². The van der Waals surface area contributed by atoms with Crippen molar-refractivity contribution < 1.29 is 9.50 Å². The number of halogens is 1. The Morgan fingerprint density at radius 3 is 2.88 bits per heavy atom. The Hall–Kier alpha value is -0.650. The molecule has 2 N–H and O–H groups in total. The van der Waals surface area contributed by atoms with Crippen LogP contribution in [0.1, 0.15) is 24.9 Å². The highest BCUT2D eigenvalue weighted by Crippen LogP contribution is 2.14. The number of pyridine rings is 1. The van der Waals surface area contributed by atoms with Gasteiger partial charge in [0.1, 0.15) is 5.82 Å². The van der Waals surface area contributed by atoms with Crippen LogP contribution >= 0.6 is 11.8 Å². The third-order valence-corrected chi connectivity index (χ3v) is 3.29. The molecule has 0 saturated carbocycles. The summed E-state index contributed by atoms with van der Waals surface area (Å²) < 4.78 is 13.0. The molecule has 0 saturated heterocycles. The summed E-state index contributed by atoms with van der Waals surface area (Å²) in [5.41, 5.74) is 0.828. The zero-order valence-electron chi connectivity index (χ0n) is 10.2. The minimum absolute atomic E-state index is 0.0295. The number of aliphatic hydroxyl groups is 1. The van der Waals surface area contributed by atoms with E-state index in [0.717, 1.165) is 11.3 Å². The Bertz CT molecular complexity index is 332. The van der Waals surface area contributed by atoms with Gasteiger partial charge in [0.25, 0.3) is 0 Å². The zero-order chi connectivity index (χ0) is 12.7. The number of nitrogens with one attached hydrogen (secondary N) is 1. The van der Waals surface area contributed by atoms with Crippen molar-refractivity contribution in [2.75, 3.05) is 18.6 Å². The van der Waals surface area contributed by atoms with Crippen LogP contribution in [0.2, 0.25) is 0 Å². The van der Waals surface area contributed by atoms with Crippen LogP contribution in [0.4, 0.5) is 4.39 Å². The van der Waals surface area contributed by atoms with Gasteiger partial charge in [0.15, 0.2) is 0 Å². The standard InChI is InChI=1S/C12H19FN2OS/c1-9(10-5-11(13)7-14-6-10)15-12(3-4-16)8-17-2/h5-7,9,12,15-16H,3-4,8H2,1-2H3. The summed E-state index contributed by atoms with van der Waals surface area (Å²) in [5.74, 6) is 0.605. The van der Waals surface area contributed by atoms with Gasteiger partial charge in [0.05, 0.1) is 6.20 Å². The maximum atomic E-state index is 13.0. The topological polar surface area (TPSA) is 45.1 Å². The van der Waals surface area contributed by atoms with E-state index < -0.39 is 0 Å². The SMILES string of the molecule is CSCC(CCO)NC(C)c1cncc(F)c1. The van der Waals surface area contributed by atoms with E-state index in [9.17, 15) is 4.39 Å². The molecule has 1 rings (SSSR count). The molecule has 17 heavy (non-hydrogen) atoms. The van der Waals surface area contributed by atoms with Gasteiger partial charge in [-0.05, 0) is 31.2 Å². The molecule has 1 aromatic heterocycles. The summed E-state index contributed by atoms with van der Waals surface area (Å²) in [6.07, 6.45) is 5.59. The second-order valence-electron chi connectivity index (χ2n) is 3.99. The van der Waals surface area contributed by atoms with Crippen LogP contribution in [0.15, 0.2) is 18.5 Å². The van der Waals surface area contributed by atoms with Crippen molar-refractivity contribution in [3.8, 4) is 0 Å². The van der Waals surface area contributed by atoms with E-state index in [2.05, 4.69) is 10.3 Å². The first-order chi connectivity index (χ1) is 8.17. The van der Waals surface area contributed by atoms with Gasteiger partial charge in [-0.15, -0.1) is 0 Å². The van der Waals surface area contributed by atoms with Crippen molar-refractivity contribution in [1.82, 2.24) is 10.3 Å². The summed E-state index contributed by atoms with van der Waals surface area (Å²) in [6, 6.07) is 1.75. The maximum Gasteiger partial charge on any atom is 0.141 e. The molecular formula is C12H19FN2OS. The highest BCUT2D eigenvalue weighted by Gasteiger charge is 2.13. The molecule has 0 bridgehead atoms. The zero-order valence-corrected chi connectivity index (χ0v) is 11.0. The molecule has 0 aliphatic carbocycles. The first-order valence-electron chi connectivity index (χ1n) is 5.63. The largest absolute Gasteiger partial charge is 0.396 e. The number of aromatic nitrogens is 1. The van der Waals surface area contributed by atoms with E-state index in [1.165, 1.54) is 12.3 Å². The third kappa shape index (κ3) is 5.02. The highest BCUT2D eigenvalue weighted by atomic mass is 32.2. The lowest BCUT2D eigenvalue weighted by molar-refractivity contribution is 0.265. The highest BCUT2D eigenvalue weighted by molar-refractivity contribution is 7.98. The number of nitrogens with zero attached hydrogens (tertiary/aromatic N) is 1. The molecule has 0 aliphatic rings. The summed E-state index contributed by atoms with van der Waals surface area (Å²) in [6.45, 7) is 2.13. The number of hydrogen-bond donors (Lipinski definition) is 2. The van der Waals surface area contributed by atoms with Crippen molar-refractivity contribution >= 4 is 11.8 Å². The van der Waals surface area contributed by atoms with Gasteiger partial charge in [-0.3, -0.25) is 4.98 Å². The summed E-state index contributed by atoms with van der Waals surface area (Å²) in [4.78, 5) is 3.83. The molecule has 1 heterocycles. The minimum Gasteiger partial charge on any atom is -0.396 e. The maximum absolute atomic E-state index is 13.0. The molecule has 0 radical (unpaired) electrons. The number of thioether (sulfide) groups is 1. The quantitative estimate of drug-likeness (QED) is 0.785. The van der Waals surface area contributed by atoms with Crippen LogP contribution in [0.5, 0.6) is 0 Å². The van der Waals surface area contributed by atoms with Crippen molar-refractivity contribution in [3.63, 3.8) is 0 Å². The Balaban J connectivity index is 2.59. The van der Waals surface area contributed by atoms with Crippen molar-refractivity contribution in [2.24, 2.45) is 0 Å². The monoisotopic (exact) mass is 258 g/mol. The van der Waals surface area contributed by atoms with Gasteiger partial charge in [-0.1, -0.05) is 0 Å². The van der Waals surface area contributed by atoms with E-state index in [0.29, 0.717) is 6.42 Å². The molecule has 1 aromatic rings. The van der Waals surface area contributed by atoms with Crippen molar-refractivity contribution in [1.29, 1.82) is 0 Å². The molecule has 0 spiro atoms. The van der Waals surface area contributed by atoms with Gasteiger partial charge in [-0.25, -0.2) is 4.39 Å².